The Hall–Kier alpha value is -0.460. The van der Waals surface area contributed by atoms with Crippen molar-refractivity contribution in [2.24, 2.45) is 29.1 Å². The highest BCUT2D eigenvalue weighted by atomic mass is 16.5. The van der Waals surface area contributed by atoms with Crippen molar-refractivity contribution in [1.29, 1.82) is 0 Å². The van der Waals surface area contributed by atoms with Crippen LogP contribution in [0.5, 0.6) is 0 Å². The summed E-state index contributed by atoms with van der Waals surface area (Å²) in [5.41, 5.74) is 0.448. The van der Waals surface area contributed by atoms with E-state index in [0.29, 0.717) is 11.3 Å². The molecule has 0 aromatic heterocycles. The first-order valence-corrected chi connectivity index (χ1v) is 8.92. The minimum absolute atomic E-state index is 0.448. The average Bonchev–Trinajstić information content (AvgIpc) is 3.07. The van der Waals surface area contributed by atoms with Gasteiger partial charge in [-0.05, 0) is 37.0 Å². The minimum atomic E-state index is 0.448. The Morgan fingerprint density at radius 2 is 1.85 bits per heavy atom. The third kappa shape index (κ3) is 2.92. The molecule has 3 saturated carbocycles. The standard InChI is InChI=1S/C19H32O/c1-14(16-8-5-4-6-9-16)18-12-19(18,3)13-20-15(2)17-10-7-11-17/h14,16-18H,2,4-13H2,1,3H3/t14-,18?,19?/m0/s1. The van der Waals surface area contributed by atoms with Crippen molar-refractivity contribution < 1.29 is 4.74 Å². The lowest BCUT2D eigenvalue weighted by Crippen LogP contribution is -2.22. The van der Waals surface area contributed by atoms with Gasteiger partial charge >= 0.3 is 0 Å². The second-order valence-electron chi connectivity index (χ2n) is 8.10. The van der Waals surface area contributed by atoms with Gasteiger partial charge in [-0.1, -0.05) is 59.0 Å². The van der Waals surface area contributed by atoms with Crippen LogP contribution in [0.4, 0.5) is 0 Å². The highest BCUT2D eigenvalue weighted by Crippen LogP contribution is 2.59. The zero-order valence-corrected chi connectivity index (χ0v) is 13.5. The Labute approximate surface area is 125 Å². The number of rotatable bonds is 6. The molecule has 0 radical (unpaired) electrons. The van der Waals surface area contributed by atoms with Crippen molar-refractivity contribution in [3.8, 4) is 0 Å². The van der Waals surface area contributed by atoms with Gasteiger partial charge in [0.2, 0.25) is 0 Å². The summed E-state index contributed by atoms with van der Waals surface area (Å²) in [6.07, 6.45) is 12.7. The molecule has 0 aromatic carbocycles. The summed E-state index contributed by atoms with van der Waals surface area (Å²) in [6.45, 7) is 10.0. The number of allylic oxidation sites excluding steroid dienone is 1. The van der Waals surface area contributed by atoms with Gasteiger partial charge in [0.25, 0.3) is 0 Å². The monoisotopic (exact) mass is 276 g/mol. The second kappa shape index (κ2) is 5.73. The first-order valence-electron chi connectivity index (χ1n) is 8.92. The molecule has 3 aliphatic rings. The van der Waals surface area contributed by atoms with Crippen molar-refractivity contribution in [1.82, 2.24) is 0 Å². The molecule has 1 heteroatoms. The molecule has 1 nitrogen and oxygen atoms in total. The Morgan fingerprint density at radius 1 is 1.15 bits per heavy atom. The van der Waals surface area contributed by atoms with Gasteiger partial charge in [0.15, 0.2) is 0 Å². The molecule has 0 bridgehead atoms. The van der Waals surface area contributed by atoms with E-state index in [1.807, 2.05) is 0 Å². The maximum absolute atomic E-state index is 6.05. The molecule has 2 unspecified atom stereocenters. The Bertz CT molecular complexity index is 351. The van der Waals surface area contributed by atoms with Crippen LogP contribution in [0, 0.1) is 29.1 Å². The molecule has 3 atom stereocenters. The zero-order chi connectivity index (χ0) is 14.2. The highest BCUT2D eigenvalue weighted by molar-refractivity contribution is 5.04. The largest absolute Gasteiger partial charge is 0.498 e. The third-order valence-electron chi connectivity index (χ3n) is 6.60. The minimum Gasteiger partial charge on any atom is -0.498 e. The lowest BCUT2D eigenvalue weighted by Gasteiger charge is -2.30. The molecule has 0 saturated heterocycles. The summed E-state index contributed by atoms with van der Waals surface area (Å²) in [6, 6.07) is 0. The number of hydrogen-bond acceptors (Lipinski definition) is 1. The molecule has 0 aromatic rings. The summed E-state index contributed by atoms with van der Waals surface area (Å²) in [4.78, 5) is 0. The molecule has 3 aliphatic carbocycles. The van der Waals surface area contributed by atoms with Crippen molar-refractivity contribution in [2.75, 3.05) is 6.61 Å². The summed E-state index contributed by atoms with van der Waals surface area (Å²) >= 11 is 0. The third-order valence-corrected chi connectivity index (χ3v) is 6.60. The Kier molecular flexibility index (Phi) is 4.15. The van der Waals surface area contributed by atoms with Crippen LogP contribution >= 0.6 is 0 Å². The molecular formula is C19H32O. The van der Waals surface area contributed by atoms with E-state index in [2.05, 4.69) is 20.4 Å². The molecule has 0 spiro atoms. The predicted octanol–water partition coefficient (Wildman–Crippen LogP) is 5.56. The van der Waals surface area contributed by atoms with Gasteiger partial charge in [-0.3, -0.25) is 0 Å². The van der Waals surface area contributed by atoms with E-state index >= 15 is 0 Å². The van der Waals surface area contributed by atoms with Crippen LogP contribution in [0.15, 0.2) is 12.3 Å². The van der Waals surface area contributed by atoms with Crippen LogP contribution in [0.25, 0.3) is 0 Å². The van der Waals surface area contributed by atoms with Gasteiger partial charge in [0.05, 0.1) is 12.4 Å². The van der Waals surface area contributed by atoms with Crippen molar-refractivity contribution >= 4 is 0 Å². The summed E-state index contributed by atoms with van der Waals surface area (Å²) in [5.74, 6) is 4.55. The van der Waals surface area contributed by atoms with Gasteiger partial charge in [-0.15, -0.1) is 0 Å². The normalized spacial score (nSPS) is 36.2. The predicted molar refractivity (Wildman–Crippen MR) is 84.4 cm³/mol. The van der Waals surface area contributed by atoms with E-state index in [4.69, 9.17) is 4.74 Å². The van der Waals surface area contributed by atoms with Crippen molar-refractivity contribution in [2.45, 2.75) is 71.6 Å². The maximum Gasteiger partial charge on any atom is 0.0933 e. The highest BCUT2D eigenvalue weighted by Gasteiger charge is 2.54. The zero-order valence-electron chi connectivity index (χ0n) is 13.5. The lowest BCUT2D eigenvalue weighted by molar-refractivity contribution is 0.0991. The maximum atomic E-state index is 6.05. The summed E-state index contributed by atoms with van der Waals surface area (Å²) in [7, 11) is 0. The van der Waals surface area contributed by atoms with Crippen LogP contribution in [-0.4, -0.2) is 6.61 Å². The molecule has 3 rings (SSSR count). The molecule has 0 heterocycles. The van der Waals surface area contributed by atoms with E-state index in [0.717, 1.165) is 30.1 Å². The van der Waals surface area contributed by atoms with E-state index in [-0.39, 0.29) is 0 Å². The molecular weight excluding hydrogens is 244 g/mol. The fraction of sp³-hybridized carbons (Fsp3) is 0.895. The number of ether oxygens (including phenoxy) is 1. The van der Waals surface area contributed by atoms with Crippen LogP contribution < -0.4 is 0 Å². The van der Waals surface area contributed by atoms with E-state index in [1.54, 1.807) is 0 Å². The van der Waals surface area contributed by atoms with Crippen molar-refractivity contribution in [3.05, 3.63) is 12.3 Å². The van der Waals surface area contributed by atoms with Crippen LogP contribution in [0.3, 0.4) is 0 Å². The van der Waals surface area contributed by atoms with Crippen molar-refractivity contribution in [3.63, 3.8) is 0 Å². The van der Waals surface area contributed by atoms with Gasteiger partial charge < -0.3 is 4.74 Å². The Morgan fingerprint density at radius 3 is 2.45 bits per heavy atom. The quantitative estimate of drug-likeness (QED) is 0.577. The van der Waals surface area contributed by atoms with Gasteiger partial charge in [0.1, 0.15) is 0 Å². The first kappa shape index (κ1) is 14.5. The second-order valence-corrected chi connectivity index (χ2v) is 8.10. The topological polar surface area (TPSA) is 9.23 Å². The first-order chi connectivity index (χ1) is 9.60. The summed E-state index contributed by atoms with van der Waals surface area (Å²) in [5, 5.41) is 0. The van der Waals surface area contributed by atoms with Gasteiger partial charge in [0, 0.05) is 11.3 Å². The van der Waals surface area contributed by atoms with Crippen LogP contribution in [0.2, 0.25) is 0 Å². The van der Waals surface area contributed by atoms with Gasteiger partial charge in [-0.2, -0.15) is 0 Å². The van der Waals surface area contributed by atoms with Crippen LogP contribution in [-0.2, 0) is 4.74 Å². The SMILES string of the molecule is C=C(OCC1(C)CC1[C@@H](C)C1CCCCC1)C1CCC1. The molecule has 20 heavy (non-hydrogen) atoms. The average molecular weight is 276 g/mol. The fourth-order valence-electron chi connectivity index (χ4n) is 4.52. The van der Waals surface area contributed by atoms with E-state index in [9.17, 15) is 0 Å². The lowest BCUT2D eigenvalue weighted by atomic mass is 9.77. The molecule has 0 aliphatic heterocycles. The Balaban J connectivity index is 1.44. The smallest absolute Gasteiger partial charge is 0.0933 e. The van der Waals surface area contributed by atoms with Gasteiger partial charge in [-0.25, -0.2) is 0 Å². The molecule has 114 valence electrons. The molecule has 0 N–H and O–H groups in total. The van der Waals surface area contributed by atoms with Crippen LogP contribution in [0.1, 0.15) is 71.6 Å². The summed E-state index contributed by atoms with van der Waals surface area (Å²) < 4.78 is 6.05. The molecule has 3 fully saturated rings. The van der Waals surface area contributed by atoms with E-state index in [1.165, 1.54) is 57.8 Å². The fourth-order valence-corrected chi connectivity index (χ4v) is 4.52. The molecule has 0 amide bonds. The number of hydrogen-bond donors (Lipinski definition) is 0. The van der Waals surface area contributed by atoms with E-state index < -0.39 is 0 Å².